The molecule has 29 heavy (non-hydrogen) atoms. The number of thiocarbonyl (C=S) groups is 1. The molecule has 0 radical (unpaired) electrons. The number of nitrogens with zero attached hydrogens (tertiary/aromatic N) is 3. The average Bonchev–Trinajstić information content (AvgIpc) is 2.71. The Hall–Kier alpha value is -2.15. The highest BCUT2D eigenvalue weighted by Gasteiger charge is 2.22. The quantitative estimate of drug-likeness (QED) is 0.596. The molecule has 0 bridgehead atoms. The maximum atomic E-state index is 5.37. The predicted molar refractivity (Wildman–Crippen MR) is 127 cm³/mol. The van der Waals surface area contributed by atoms with E-state index < -0.39 is 0 Å². The van der Waals surface area contributed by atoms with Gasteiger partial charge in [-0.25, -0.2) is 4.98 Å². The van der Waals surface area contributed by atoms with Crippen molar-refractivity contribution < 1.29 is 0 Å². The van der Waals surface area contributed by atoms with Crippen LogP contribution in [-0.2, 0) is 0 Å². The number of fused-ring (bicyclic) bond motifs is 1. The van der Waals surface area contributed by atoms with Gasteiger partial charge in [-0.3, -0.25) is 0 Å². The van der Waals surface area contributed by atoms with Crippen molar-refractivity contribution >= 4 is 40.0 Å². The van der Waals surface area contributed by atoms with Gasteiger partial charge in [-0.15, -0.1) is 0 Å². The van der Waals surface area contributed by atoms with Crippen LogP contribution in [0.15, 0.2) is 24.3 Å². The number of benzene rings is 1. The Kier molecular flexibility index (Phi) is 7.47. The Morgan fingerprint density at radius 3 is 2.52 bits per heavy atom. The minimum Gasteiger partial charge on any atom is -0.362 e. The van der Waals surface area contributed by atoms with E-state index in [1.165, 1.54) is 12.8 Å². The first-order valence-electron chi connectivity index (χ1n) is 10.6. The average molecular weight is 415 g/mol. The van der Waals surface area contributed by atoms with Crippen LogP contribution < -0.4 is 20.9 Å². The number of hydrogen-bond donors (Lipinski definition) is 3. The highest BCUT2D eigenvalue weighted by atomic mass is 32.1. The van der Waals surface area contributed by atoms with Gasteiger partial charge in [-0.05, 0) is 61.9 Å². The maximum Gasteiger partial charge on any atom is 0.225 e. The first kappa shape index (κ1) is 21.6. The van der Waals surface area contributed by atoms with Crippen molar-refractivity contribution in [1.82, 2.24) is 20.6 Å². The molecule has 1 saturated carbocycles. The number of aromatic nitrogens is 2. The van der Waals surface area contributed by atoms with Crippen LogP contribution in [0.4, 0.5) is 11.8 Å². The van der Waals surface area contributed by atoms with E-state index in [1.54, 1.807) is 0 Å². The molecule has 1 heterocycles. The van der Waals surface area contributed by atoms with E-state index in [0.717, 1.165) is 53.7 Å². The van der Waals surface area contributed by atoms with Crippen molar-refractivity contribution in [3.05, 3.63) is 24.3 Å². The molecule has 1 aliphatic rings. The van der Waals surface area contributed by atoms with Crippen LogP contribution in [0, 0.1) is 11.8 Å². The van der Waals surface area contributed by atoms with E-state index in [2.05, 4.69) is 35.9 Å². The molecule has 2 aromatic rings. The van der Waals surface area contributed by atoms with Crippen molar-refractivity contribution in [1.29, 1.82) is 0 Å². The lowest BCUT2D eigenvalue weighted by Crippen LogP contribution is -2.40. The molecule has 7 heteroatoms. The molecule has 0 atom stereocenters. The van der Waals surface area contributed by atoms with E-state index in [4.69, 9.17) is 22.2 Å². The SMILES string of the molecule is CC(C)CNC(=S)NC[C@H]1CC[C@@H](Nc2nc(N(C)C)c3ccccc3n2)CC1. The van der Waals surface area contributed by atoms with Gasteiger partial charge in [-0.2, -0.15) is 4.98 Å². The standard InChI is InChI=1S/C22H34N6S/c1-15(2)13-23-22(29)24-14-16-9-11-17(12-10-16)25-21-26-19-8-6-5-7-18(19)20(27-21)28(3)4/h5-8,15-17H,9-14H2,1-4H3,(H2,23,24,29)(H,25,26,27)/t16-,17+. The van der Waals surface area contributed by atoms with Crippen LogP contribution in [-0.4, -0.2) is 48.3 Å². The molecule has 0 unspecified atom stereocenters. The Labute approximate surface area is 179 Å². The molecule has 1 fully saturated rings. The van der Waals surface area contributed by atoms with Crippen molar-refractivity contribution in [3.63, 3.8) is 0 Å². The fourth-order valence-corrected chi connectivity index (χ4v) is 3.92. The predicted octanol–water partition coefficient (Wildman–Crippen LogP) is 3.79. The van der Waals surface area contributed by atoms with Crippen LogP contribution in [0.2, 0.25) is 0 Å². The zero-order valence-electron chi connectivity index (χ0n) is 18.0. The third kappa shape index (κ3) is 6.16. The molecular weight excluding hydrogens is 380 g/mol. The fourth-order valence-electron chi connectivity index (χ4n) is 3.76. The van der Waals surface area contributed by atoms with Crippen LogP contribution in [0.25, 0.3) is 10.9 Å². The van der Waals surface area contributed by atoms with Crippen LogP contribution in [0.5, 0.6) is 0 Å². The van der Waals surface area contributed by atoms with Gasteiger partial charge >= 0.3 is 0 Å². The Morgan fingerprint density at radius 1 is 1.10 bits per heavy atom. The first-order valence-corrected chi connectivity index (χ1v) is 11.1. The third-order valence-electron chi connectivity index (χ3n) is 5.41. The molecule has 0 aliphatic heterocycles. The van der Waals surface area contributed by atoms with Gasteiger partial charge in [0.25, 0.3) is 0 Å². The van der Waals surface area contributed by atoms with E-state index in [-0.39, 0.29) is 0 Å². The lowest BCUT2D eigenvalue weighted by molar-refractivity contribution is 0.335. The smallest absolute Gasteiger partial charge is 0.225 e. The van der Waals surface area contributed by atoms with Crippen molar-refractivity contribution in [2.75, 3.05) is 37.4 Å². The van der Waals surface area contributed by atoms with Gasteiger partial charge in [-0.1, -0.05) is 26.0 Å². The first-order chi connectivity index (χ1) is 13.9. The summed E-state index contributed by atoms with van der Waals surface area (Å²) in [6.07, 6.45) is 4.63. The normalized spacial score (nSPS) is 19.2. The summed E-state index contributed by atoms with van der Waals surface area (Å²) in [6.45, 7) is 6.24. The molecule has 0 spiro atoms. The summed E-state index contributed by atoms with van der Waals surface area (Å²) in [4.78, 5) is 11.6. The summed E-state index contributed by atoms with van der Waals surface area (Å²) < 4.78 is 0. The highest BCUT2D eigenvalue weighted by molar-refractivity contribution is 7.80. The molecule has 1 aromatic heterocycles. The second kappa shape index (κ2) is 10.1. The largest absolute Gasteiger partial charge is 0.362 e. The number of para-hydroxylation sites is 1. The minimum atomic E-state index is 0.424. The summed E-state index contributed by atoms with van der Waals surface area (Å²) in [6, 6.07) is 8.61. The number of rotatable bonds is 7. The molecule has 158 valence electrons. The van der Waals surface area contributed by atoms with E-state index in [9.17, 15) is 0 Å². The molecule has 6 nitrogen and oxygen atoms in total. The van der Waals surface area contributed by atoms with Gasteiger partial charge in [0, 0.05) is 38.6 Å². The zero-order chi connectivity index (χ0) is 20.8. The summed E-state index contributed by atoms with van der Waals surface area (Å²) >= 11 is 5.37. The molecule has 1 aliphatic carbocycles. The van der Waals surface area contributed by atoms with Crippen LogP contribution in [0.3, 0.4) is 0 Å². The lowest BCUT2D eigenvalue weighted by atomic mass is 9.86. The number of anilines is 2. The van der Waals surface area contributed by atoms with E-state index >= 15 is 0 Å². The number of nitrogens with one attached hydrogen (secondary N) is 3. The minimum absolute atomic E-state index is 0.424. The second-order valence-electron chi connectivity index (χ2n) is 8.63. The monoisotopic (exact) mass is 414 g/mol. The maximum absolute atomic E-state index is 5.37. The molecular formula is C22H34N6S. The summed E-state index contributed by atoms with van der Waals surface area (Å²) in [5.74, 6) is 2.95. The van der Waals surface area contributed by atoms with E-state index in [0.29, 0.717) is 17.9 Å². The van der Waals surface area contributed by atoms with Gasteiger partial charge in [0.15, 0.2) is 5.11 Å². The van der Waals surface area contributed by atoms with Crippen molar-refractivity contribution in [2.45, 2.75) is 45.6 Å². The molecule has 1 aromatic carbocycles. The topological polar surface area (TPSA) is 65.1 Å². The Bertz CT molecular complexity index is 814. The summed E-state index contributed by atoms with van der Waals surface area (Å²) in [5.41, 5.74) is 0.981. The van der Waals surface area contributed by atoms with Gasteiger partial charge < -0.3 is 20.9 Å². The highest BCUT2D eigenvalue weighted by Crippen LogP contribution is 2.28. The van der Waals surface area contributed by atoms with Gasteiger partial charge in [0.05, 0.1) is 5.52 Å². The lowest BCUT2D eigenvalue weighted by Gasteiger charge is -2.30. The number of hydrogen-bond acceptors (Lipinski definition) is 5. The summed E-state index contributed by atoms with van der Waals surface area (Å²) in [5, 5.41) is 12.1. The van der Waals surface area contributed by atoms with Crippen LogP contribution in [0.1, 0.15) is 39.5 Å². The van der Waals surface area contributed by atoms with Crippen LogP contribution >= 0.6 is 12.2 Å². The Morgan fingerprint density at radius 2 is 1.83 bits per heavy atom. The molecule has 0 saturated heterocycles. The zero-order valence-corrected chi connectivity index (χ0v) is 18.9. The van der Waals surface area contributed by atoms with Gasteiger partial charge in [0.2, 0.25) is 5.95 Å². The molecule has 3 rings (SSSR count). The van der Waals surface area contributed by atoms with Crippen molar-refractivity contribution in [3.8, 4) is 0 Å². The summed E-state index contributed by atoms with van der Waals surface area (Å²) in [7, 11) is 4.05. The fraction of sp³-hybridized carbons (Fsp3) is 0.591. The van der Waals surface area contributed by atoms with E-state index in [1.807, 2.05) is 37.2 Å². The second-order valence-corrected chi connectivity index (χ2v) is 9.04. The van der Waals surface area contributed by atoms with Crippen molar-refractivity contribution in [2.24, 2.45) is 11.8 Å². The van der Waals surface area contributed by atoms with Gasteiger partial charge in [0.1, 0.15) is 5.82 Å². The molecule has 3 N–H and O–H groups in total. The molecule has 0 amide bonds. The Balaban J connectivity index is 1.51. The third-order valence-corrected chi connectivity index (χ3v) is 5.70.